The summed E-state index contributed by atoms with van der Waals surface area (Å²) in [5, 5.41) is 4.46. The monoisotopic (exact) mass is 341 g/mol. The normalized spacial score (nSPS) is 10.8. The lowest BCUT2D eigenvalue weighted by molar-refractivity contribution is 1.36. The number of aromatic nitrogens is 1. The summed E-state index contributed by atoms with van der Waals surface area (Å²) in [6, 6.07) is 12.3. The molecule has 0 bridgehead atoms. The van der Waals surface area contributed by atoms with Crippen LogP contribution in [0.5, 0.6) is 0 Å². The second-order valence-corrected chi connectivity index (χ2v) is 6.11. The molecular weight excluding hydrogens is 326 g/mol. The molecule has 0 saturated carbocycles. The fraction of sp³-hybridized carbons (Fsp3) is 0.118. The molecule has 3 aromatic rings. The standard InChI is InChI=1S/C17H16BrN3/c1-10-3-5-15(11(2)7-10)21-17-13-8-12(18)4-6-16(13)20-9-14(17)19/h3-9H,19H2,1-2H3,(H,20,21). The first-order valence-corrected chi connectivity index (χ1v) is 7.52. The largest absolute Gasteiger partial charge is 0.396 e. The van der Waals surface area contributed by atoms with Gasteiger partial charge in [-0.05, 0) is 43.7 Å². The van der Waals surface area contributed by atoms with Crippen LogP contribution in [0.4, 0.5) is 17.1 Å². The highest BCUT2D eigenvalue weighted by molar-refractivity contribution is 9.10. The SMILES string of the molecule is Cc1ccc(Nc2c(N)cnc3ccc(Br)cc23)c(C)c1. The van der Waals surface area contributed by atoms with Crippen LogP contribution in [-0.4, -0.2) is 4.98 Å². The molecule has 0 fully saturated rings. The van der Waals surface area contributed by atoms with Gasteiger partial charge in [0.1, 0.15) is 0 Å². The number of rotatable bonds is 2. The van der Waals surface area contributed by atoms with Crippen LogP contribution in [0.2, 0.25) is 0 Å². The molecule has 0 unspecified atom stereocenters. The molecule has 1 heterocycles. The zero-order valence-electron chi connectivity index (χ0n) is 11.9. The summed E-state index contributed by atoms with van der Waals surface area (Å²) in [4.78, 5) is 4.37. The number of pyridine rings is 1. The molecule has 4 heteroatoms. The summed E-state index contributed by atoms with van der Waals surface area (Å²) < 4.78 is 1.01. The van der Waals surface area contributed by atoms with Gasteiger partial charge in [0.25, 0.3) is 0 Å². The Kier molecular flexibility index (Phi) is 3.55. The molecule has 3 N–H and O–H groups in total. The van der Waals surface area contributed by atoms with E-state index in [1.165, 1.54) is 11.1 Å². The van der Waals surface area contributed by atoms with Gasteiger partial charge in [-0.25, -0.2) is 0 Å². The maximum atomic E-state index is 6.12. The number of hydrogen-bond donors (Lipinski definition) is 2. The maximum Gasteiger partial charge on any atom is 0.0746 e. The number of nitrogens with one attached hydrogen (secondary N) is 1. The van der Waals surface area contributed by atoms with Crippen LogP contribution >= 0.6 is 15.9 Å². The third-order valence-corrected chi connectivity index (χ3v) is 3.99. The smallest absolute Gasteiger partial charge is 0.0746 e. The Bertz CT molecular complexity index is 822. The van der Waals surface area contributed by atoms with Gasteiger partial charge in [-0.2, -0.15) is 0 Å². The van der Waals surface area contributed by atoms with E-state index < -0.39 is 0 Å². The van der Waals surface area contributed by atoms with Crippen LogP contribution in [0.1, 0.15) is 11.1 Å². The van der Waals surface area contributed by atoms with Crippen molar-refractivity contribution in [1.82, 2.24) is 4.98 Å². The van der Waals surface area contributed by atoms with Crippen molar-refractivity contribution in [3.63, 3.8) is 0 Å². The van der Waals surface area contributed by atoms with Crippen LogP contribution in [-0.2, 0) is 0 Å². The van der Waals surface area contributed by atoms with Crippen LogP contribution in [0.25, 0.3) is 10.9 Å². The Hall–Kier alpha value is -2.07. The quantitative estimate of drug-likeness (QED) is 0.693. The average Bonchev–Trinajstić information content (AvgIpc) is 2.44. The lowest BCUT2D eigenvalue weighted by Crippen LogP contribution is -2.00. The van der Waals surface area contributed by atoms with Crippen molar-refractivity contribution in [2.75, 3.05) is 11.1 Å². The summed E-state index contributed by atoms with van der Waals surface area (Å²) in [7, 11) is 0. The zero-order valence-corrected chi connectivity index (χ0v) is 13.5. The van der Waals surface area contributed by atoms with Crippen LogP contribution < -0.4 is 11.1 Å². The number of halogens is 1. The van der Waals surface area contributed by atoms with E-state index in [1.807, 2.05) is 18.2 Å². The lowest BCUT2D eigenvalue weighted by Gasteiger charge is -2.14. The first kappa shape index (κ1) is 13.9. The number of fused-ring (bicyclic) bond motifs is 1. The van der Waals surface area contributed by atoms with E-state index in [2.05, 4.69) is 58.3 Å². The van der Waals surface area contributed by atoms with E-state index in [0.29, 0.717) is 5.69 Å². The number of aryl methyl sites for hydroxylation is 2. The summed E-state index contributed by atoms with van der Waals surface area (Å²) >= 11 is 3.50. The first-order chi connectivity index (χ1) is 10.0. The Morgan fingerprint density at radius 1 is 1.10 bits per heavy atom. The van der Waals surface area contributed by atoms with Gasteiger partial charge in [0.2, 0.25) is 0 Å². The van der Waals surface area contributed by atoms with Crippen molar-refractivity contribution in [1.29, 1.82) is 0 Å². The molecule has 0 aliphatic carbocycles. The molecule has 0 spiro atoms. The Morgan fingerprint density at radius 2 is 1.90 bits per heavy atom. The summed E-state index contributed by atoms with van der Waals surface area (Å²) in [6.45, 7) is 4.18. The van der Waals surface area contributed by atoms with Crippen LogP contribution in [0, 0.1) is 13.8 Å². The number of nitrogen functional groups attached to an aromatic ring is 1. The van der Waals surface area contributed by atoms with Gasteiger partial charge in [-0.3, -0.25) is 4.98 Å². The molecule has 0 atom stereocenters. The lowest BCUT2D eigenvalue weighted by atomic mass is 10.1. The van der Waals surface area contributed by atoms with Crippen molar-refractivity contribution >= 4 is 43.9 Å². The van der Waals surface area contributed by atoms with Gasteiger partial charge >= 0.3 is 0 Å². The molecule has 3 nitrogen and oxygen atoms in total. The molecule has 0 radical (unpaired) electrons. The van der Waals surface area contributed by atoms with Crippen LogP contribution in [0.15, 0.2) is 47.1 Å². The summed E-state index contributed by atoms with van der Waals surface area (Å²) in [5.41, 5.74) is 12.1. The molecule has 0 aliphatic heterocycles. The average molecular weight is 342 g/mol. The van der Waals surface area contributed by atoms with Crippen molar-refractivity contribution in [3.8, 4) is 0 Å². The van der Waals surface area contributed by atoms with Gasteiger partial charge < -0.3 is 11.1 Å². The minimum absolute atomic E-state index is 0.639. The molecule has 0 saturated heterocycles. The second kappa shape index (κ2) is 5.37. The van der Waals surface area contributed by atoms with Gasteiger partial charge in [-0.15, -0.1) is 0 Å². The zero-order chi connectivity index (χ0) is 15.0. The van der Waals surface area contributed by atoms with E-state index in [-0.39, 0.29) is 0 Å². The van der Waals surface area contributed by atoms with Gasteiger partial charge in [0.15, 0.2) is 0 Å². The second-order valence-electron chi connectivity index (χ2n) is 5.19. The van der Waals surface area contributed by atoms with E-state index in [4.69, 9.17) is 5.73 Å². The molecule has 106 valence electrons. The number of anilines is 3. The van der Waals surface area contributed by atoms with Gasteiger partial charge in [0.05, 0.1) is 23.1 Å². The highest BCUT2D eigenvalue weighted by Crippen LogP contribution is 2.33. The topological polar surface area (TPSA) is 50.9 Å². The summed E-state index contributed by atoms with van der Waals surface area (Å²) in [6.07, 6.45) is 1.70. The fourth-order valence-corrected chi connectivity index (χ4v) is 2.77. The van der Waals surface area contributed by atoms with Crippen molar-refractivity contribution < 1.29 is 0 Å². The highest BCUT2D eigenvalue weighted by atomic mass is 79.9. The van der Waals surface area contributed by atoms with Crippen molar-refractivity contribution in [2.24, 2.45) is 0 Å². The molecule has 21 heavy (non-hydrogen) atoms. The number of hydrogen-bond acceptors (Lipinski definition) is 3. The molecule has 1 aromatic heterocycles. The highest BCUT2D eigenvalue weighted by Gasteiger charge is 2.09. The number of nitrogens with zero attached hydrogens (tertiary/aromatic N) is 1. The fourth-order valence-electron chi connectivity index (χ4n) is 2.41. The van der Waals surface area contributed by atoms with E-state index in [1.54, 1.807) is 6.20 Å². The minimum Gasteiger partial charge on any atom is -0.396 e. The van der Waals surface area contributed by atoms with Gasteiger partial charge in [-0.1, -0.05) is 33.6 Å². The van der Waals surface area contributed by atoms with Gasteiger partial charge in [0, 0.05) is 15.5 Å². The third kappa shape index (κ3) is 2.72. The Labute approximate surface area is 132 Å². The van der Waals surface area contributed by atoms with Crippen LogP contribution in [0.3, 0.4) is 0 Å². The van der Waals surface area contributed by atoms with E-state index in [9.17, 15) is 0 Å². The molecule has 0 aliphatic rings. The molecule has 0 amide bonds. The molecule has 2 aromatic carbocycles. The van der Waals surface area contributed by atoms with E-state index in [0.717, 1.165) is 26.8 Å². The number of benzene rings is 2. The molecule has 3 rings (SSSR count). The predicted octanol–water partition coefficient (Wildman–Crippen LogP) is 4.94. The maximum absolute atomic E-state index is 6.12. The molecular formula is C17H16BrN3. The Balaban J connectivity index is 2.15. The summed E-state index contributed by atoms with van der Waals surface area (Å²) in [5.74, 6) is 0. The number of nitrogens with two attached hydrogens (primary N) is 1. The third-order valence-electron chi connectivity index (χ3n) is 3.50. The minimum atomic E-state index is 0.639. The van der Waals surface area contributed by atoms with Crippen molar-refractivity contribution in [2.45, 2.75) is 13.8 Å². The van der Waals surface area contributed by atoms with Crippen molar-refractivity contribution in [3.05, 3.63) is 58.2 Å². The first-order valence-electron chi connectivity index (χ1n) is 6.72. The van der Waals surface area contributed by atoms with E-state index >= 15 is 0 Å². The Morgan fingerprint density at radius 3 is 2.67 bits per heavy atom. The predicted molar refractivity (Wildman–Crippen MR) is 93.1 cm³/mol.